The van der Waals surface area contributed by atoms with E-state index >= 15 is 0 Å². The third-order valence-electron chi connectivity index (χ3n) is 8.81. The molecule has 2 unspecified atom stereocenters. The number of aliphatic imine (C=N–C) groups is 1. The molecule has 10 heteroatoms. The van der Waals surface area contributed by atoms with Crippen LogP contribution in [0.2, 0.25) is 0 Å². The summed E-state index contributed by atoms with van der Waals surface area (Å²) in [5.41, 5.74) is 6.44. The molecular weight excluding hydrogens is 668 g/mol. The second-order valence-electron chi connectivity index (χ2n) is 11.6. The summed E-state index contributed by atoms with van der Waals surface area (Å²) in [5.74, 6) is 0.983. The van der Waals surface area contributed by atoms with E-state index in [2.05, 4.69) is 52.0 Å². The van der Waals surface area contributed by atoms with Crippen LogP contribution >= 0.6 is 22.3 Å². The molecule has 1 saturated heterocycles. The van der Waals surface area contributed by atoms with Crippen molar-refractivity contribution in [1.29, 1.82) is 0 Å². The Hall–Kier alpha value is -3.36. The monoisotopic (exact) mass is 701 g/mol. The number of aromatic nitrogens is 3. The number of fused-ring (bicyclic) bond motifs is 1. The van der Waals surface area contributed by atoms with Gasteiger partial charge >= 0.3 is 0 Å². The van der Waals surface area contributed by atoms with Gasteiger partial charge in [-0.3, -0.25) is 0 Å². The zero-order chi connectivity index (χ0) is 31.3. The van der Waals surface area contributed by atoms with Gasteiger partial charge < -0.3 is 9.09 Å². The average Bonchev–Trinajstić information content (AvgIpc) is 3.59. The van der Waals surface area contributed by atoms with Gasteiger partial charge in [0.05, 0.1) is 5.69 Å². The minimum absolute atomic E-state index is 0.263. The summed E-state index contributed by atoms with van der Waals surface area (Å²) in [4.78, 5) is 5.20. The normalized spacial score (nSPS) is 20.0. The smallest absolute Gasteiger partial charge is 0.227 e. The zero-order valence-electron chi connectivity index (χ0n) is 25.5. The summed E-state index contributed by atoms with van der Waals surface area (Å²) in [7, 11) is 0. The molecular formula is C35H34BrFN5OPS. The number of benzene rings is 3. The highest BCUT2D eigenvalue weighted by Crippen LogP contribution is 2.60. The fraction of sp³-hybridized carbons (Fsp3) is 0.257. The number of aryl methyl sites for hydroxylation is 1. The summed E-state index contributed by atoms with van der Waals surface area (Å²) < 4.78 is 28.5. The van der Waals surface area contributed by atoms with E-state index in [0.717, 1.165) is 81.0 Å². The lowest BCUT2D eigenvalue weighted by Crippen LogP contribution is -2.41. The highest BCUT2D eigenvalue weighted by Gasteiger charge is 2.46. The number of para-hydroxylation sites is 1. The van der Waals surface area contributed by atoms with Crippen LogP contribution in [0.1, 0.15) is 49.6 Å². The van der Waals surface area contributed by atoms with Crippen molar-refractivity contribution < 1.29 is 8.91 Å². The van der Waals surface area contributed by atoms with Crippen molar-refractivity contribution in [3.8, 4) is 22.6 Å². The Morgan fingerprint density at radius 2 is 1.71 bits per heavy atom. The minimum Gasteiger partial charge on any atom is -0.431 e. The van der Waals surface area contributed by atoms with Gasteiger partial charge in [-0.25, -0.2) is 13.7 Å². The molecule has 3 aromatic carbocycles. The number of halogens is 2. The van der Waals surface area contributed by atoms with E-state index in [1.54, 1.807) is 12.1 Å². The van der Waals surface area contributed by atoms with Gasteiger partial charge in [0.1, 0.15) is 16.8 Å². The second-order valence-corrected chi connectivity index (χ2v) is 16.2. The Balaban J connectivity index is 1.52. The molecule has 2 aliphatic heterocycles. The first kappa shape index (κ1) is 30.3. The van der Waals surface area contributed by atoms with Crippen molar-refractivity contribution in [2.45, 2.75) is 52.5 Å². The number of hydrogen-bond acceptors (Lipinski definition) is 4. The lowest BCUT2D eigenvalue weighted by molar-refractivity contribution is 0.245. The van der Waals surface area contributed by atoms with Gasteiger partial charge in [-0.1, -0.05) is 47.5 Å². The third kappa shape index (κ3) is 5.34. The van der Waals surface area contributed by atoms with Crippen molar-refractivity contribution in [1.82, 2.24) is 19.0 Å². The van der Waals surface area contributed by atoms with Crippen LogP contribution in [0, 0.1) is 19.7 Å². The average molecular weight is 703 g/mol. The molecule has 0 radical (unpaired) electrons. The Labute approximate surface area is 276 Å². The van der Waals surface area contributed by atoms with Crippen LogP contribution in [0.15, 0.2) is 94.4 Å². The standard InChI is InChI=1S/C35H34BrFN5OPS/c1-4-28-10-8-9-21-40(28)44(45)33-32(31-22-23(2)41(24(31)3)29-19-17-27(37)18-20-29)39-42(30-11-6-5-7-12-30)34(33)38-35(43-44)25-13-15-26(36)16-14-25/h5-7,11-20,22,28H,4,8-10,21H2,1-3H3. The maximum atomic E-state index is 13.9. The van der Waals surface area contributed by atoms with Crippen molar-refractivity contribution in [2.75, 3.05) is 6.54 Å². The molecule has 4 heterocycles. The molecule has 0 spiro atoms. The summed E-state index contributed by atoms with van der Waals surface area (Å²) >= 11 is 10.4. The van der Waals surface area contributed by atoms with Crippen molar-refractivity contribution in [2.24, 2.45) is 4.99 Å². The Bertz CT molecular complexity index is 1950. The van der Waals surface area contributed by atoms with Crippen LogP contribution in [0.3, 0.4) is 0 Å². The number of piperidine rings is 1. The van der Waals surface area contributed by atoms with Gasteiger partial charge in [0.2, 0.25) is 12.3 Å². The van der Waals surface area contributed by atoms with Gasteiger partial charge in [0, 0.05) is 45.3 Å². The first-order chi connectivity index (χ1) is 21.8. The van der Waals surface area contributed by atoms with E-state index in [1.807, 2.05) is 59.3 Å². The summed E-state index contributed by atoms with van der Waals surface area (Å²) in [6, 6.07) is 27.2. The third-order valence-corrected chi connectivity index (χ3v) is 13.3. The van der Waals surface area contributed by atoms with E-state index in [1.165, 1.54) is 18.6 Å². The van der Waals surface area contributed by atoms with E-state index in [9.17, 15) is 4.39 Å². The predicted molar refractivity (Wildman–Crippen MR) is 188 cm³/mol. The topological polar surface area (TPSA) is 47.6 Å². The molecule has 0 bridgehead atoms. The number of rotatable bonds is 6. The molecule has 45 heavy (non-hydrogen) atoms. The van der Waals surface area contributed by atoms with Crippen molar-refractivity contribution >= 4 is 51.2 Å². The fourth-order valence-electron chi connectivity index (χ4n) is 6.60. The quantitative estimate of drug-likeness (QED) is 0.166. The molecule has 7 rings (SSSR count). The Kier molecular flexibility index (Phi) is 8.15. The number of nitrogens with zero attached hydrogens (tertiary/aromatic N) is 5. The summed E-state index contributed by atoms with van der Waals surface area (Å²) in [6.45, 7) is 7.25. The maximum Gasteiger partial charge on any atom is 0.227 e. The van der Waals surface area contributed by atoms with Gasteiger partial charge in [-0.15, -0.1) is 0 Å². The molecule has 230 valence electrons. The molecule has 0 amide bonds. The van der Waals surface area contributed by atoms with E-state index < -0.39 is 6.42 Å². The molecule has 0 saturated carbocycles. The highest BCUT2D eigenvalue weighted by molar-refractivity contribution is 9.10. The largest absolute Gasteiger partial charge is 0.431 e. The minimum atomic E-state index is -2.91. The summed E-state index contributed by atoms with van der Waals surface area (Å²) in [5, 5.41) is 6.21. The molecule has 2 aromatic heterocycles. The Morgan fingerprint density at radius 3 is 2.42 bits per heavy atom. The molecule has 1 fully saturated rings. The van der Waals surface area contributed by atoms with Crippen LogP contribution in [0.4, 0.5) is 10.2 Å². The van der Waals surface area contributed by atoms with Gasteiger partial charge in [0.15, 0.2) is 5.82 Å². The van der Waals surface area contributed by atoms with Gasteiger partial charge in [-0.05, 0) is 112 Å². The maximum absolute atomic E-state index is 13.9. The van der Waals surface area contributed by atoms with Crippen molar-refractivity contribution in [3.63, 3.8) is 0 Å². The highest BCUT2D eigenvalue weighted by atomic mass is 79.9. The SMILES string of the molecule is CCC1CCCCN1P1(=S)OC(c2ccc(Br)cc2)=Nc2c1c(-c1cc(C)n(-c3ccc(F)cc3)c1C)nn2-c1ccccc1. The molecule has 5 aromatic rings. The Morgan fingerprint density at radius 1 is 0.978 bits per heavy atom. The van der Waals surface area contributed by atoms with Gasteiger partial charge in [-0.2, -0.15) is 10.1 Å². The first-order valence-electron chi connectivity index (χ1n) is 15.3. The lowest BCUT2D eigenvalue weighted by Gasteiger charge is -2.43. The van der Waals surface area contributed by atoms with E-state index in [-0.39, 0.29) is 5.82 Å². The van der Waals surface area contributed by atoms with Crippen molar-refractivity contribution in [3.05, 3.63) is 112 Å². The van der Waals surface area contributed by atoms with Crippen LogP contribution in [-0.2, 0) is 16.3 Å². The number of hydrogen-bond donors (Lipinski definition) is 0. The van der Waals surface area contributed by atoms with Crippen LogP contribution in [0.25, 0.3) is 22.6 Å². The van der Waals surface area contributed by atoms with Gasteiger partial charge in [0.25, 0.3) is 0 Å². The van der Waals surface area contributed by atoms with E-state index in [4.69, 9.17) is 26.4 Å². The first-order valence-corrected chi connectivity index (χ1v) is 18.8. The molecule has 0 N–H and O–H groups in total. The second kappa shape index (κ2) is 12.1. The summed E-state index contributed by atoms with van der Waals surface area (Å²) in [6.07, 6.45) is 1.41. The molecule has 0 aliphatic carbocycles. The molecule has 2 atom stereocenters. The fourth-order valence-corrected chi connectivity index (χ4v) is 11.0. The van der Waals surface area contributed by atoms with Crippen LogP contribution in [0.5, 0.6) is 0 Å². The van der Waals surface area contributed by atoms with Crippen LogP contribution in [-0.4, -0.2) is 37.5 Å². The molecule has 6 nitrogen and oxygen atoms in total. The predicted octanol–water partition coefficient (Wildman–Crippen LogP) is 9.16. The molecule has 2 aliphatic rings. The van der Waals surface area contributed by atoms with E-state index in [0.29, 0.717) is 11.9 Å². The zero-order valence-corrected chi connectivity index (χ0v) is 28.7. The lowest BCUT2D eigenvalue weighted by atomic mass is 10.0. The van der Waals surface area contributed by atoms with Crippen LogP contribution < -0.4 is 5.30 Å².